The minimum atomic E-state index is -0.464. The normalized spacial score (nSPS) is 11.6. The van der Waals surface area contributed by atoms with E-state index < -0.39 is 6.04 Å². The number of nitrogens with zero attached hydrogens (tertiary/aromatic N) is 2. The van der Waals surface area contributed by atoms with E-state index in [0.29, 0.717) is 5.02 Å². The SMILES string of the molecule is N#CC(Nc1cccc(Cl)c1)c1cncc(Br)c1. The lowest BCUT2D eigenvalue weighted by molar-refractivity contribution is 0.979. The summed E-state index contributed by atoms with van der Waals surface area (Å²) in [6.45, 7) is 0. The molecule has 1 heterocycles. The molecular weight excluding hydrogens is 314 g/mol. The number of nitriles is 1. The standard InChI is InChI=1S/C13H9BrClN3/c14-10-4-9(7-17-8-10)13(6-16)18-12-3-1-2-11(15)5-12/h1-5,7-8,13,18H. The summed E-state index contributed by atoms with van der Waals surface area (Å²) < 4.78 is 0.841. The lowest BCUT2D eigenvalue weighted by Gasteiger charge is -2.13. The number of pyridine rings is 1. The summed E-state index contributed by atoms with van der Waals surface area (Å²) in [5.41, 5.74) is 1.60. The maximum absolute atomic E-state index is 9.21. The van der Waals surface area contributed by atoms with Gasteiger partial charge in [0.2, 0.25) is 0 Å². The third-order valence-corrected chi connectivity index (χ3v) is 2.99. The number of hydrogen-bond acceptors (Lipinski definition) is 3. The number of anilines is 1. The summed E-state index contributed by atoms with van der Waals surface area (Å²) in [6.07, 6.45) is 3.34. The van der Waals surface area contributed by atoms with Crippen LogP contribution in [0, 0.1) is 11.3 Å². The molecule has 2 rings (SSSR count). The van der Waals surface area contributed by atoms with Crippen LogP contribution in [0.5, 0.6) is 0 Å². The van der Waals surface area contributed by atoms with Crippen molar-refractivity contribution in [2.75, 3.05) is 5.32 Å². The van der Waals surface area contributed by atoms with E-state index in [-0.39, 0.29) is 0 Å². The van der Waals surface area contributed by atoms with Crippen LogP contribution in [-0.4, -0.2) is 4.98 Å². The van der Waals surface area contributed by atoms with Crippen LogP contribution in [0.25, 0.3) is 0 Å². The van der Waals surface area contributed by atoms with Gasteiger partial charge in [0.05, 0.1) is 6.07 Å². The number of nitrogens with one attached hydrogen (secondary N) is 1. The van der Waals surface area contributed by atoms with Crippen LogP contribution in [0.15, 0.2) is 47.2 Å². The molecule has 1 aromatic carbocycles. The Morgan fingerprint density at radius 1 is 1.33 bits per heavy atom. The van der Waals surface area contributed by atoms with Crippen molar-refractivity contribution < 1.29 is 0 Å². The smallest absolute Gasteiger partial charge is 0.141 e. The summed E-state index contributed by atoms with van der Waals surface area (Å²) in [6, 6.07) is 10.8. The van der Waals surface area contributed by atoms with E-state index in [2.05, 4.69) is 32.3 Å². The van der Waals surface area contributed by atoms with Gasteiger partial charge in [-0.25, -0.2) is 0 Å². The second kappa shape index (κ2) is 5.85. The lowest BCUT2D eigenvalue weighted by atomic mass is 10.1. The van der Waals surface area contributed by atoms with Gasteiger partial charge in [0.1, 0.15) is 6.04 Å². The van der Waals surface area contributed by atoms with Crippen LogP contribution < -0.4 is 5.32 Å². The molecule has 0 bridgehead atoms. The first-order valence-electron chi connectivity index (χ1n) is 5.21. The van der Waals surface area contributed by atoms with Gasteiger partial charge < -0.3 is 5.32 Å². The number of aromatic nitrogens is 1. The third-order valence-electron chi connectivity index (χ3n) is 2.32. The summed E-state index contributed by atoms with van der Waals surface area (Å²) >= 11 is 9.24. The Bertz CT molecular complexity index is 595. The van der Waals surface area contributed by atoms with Gasteiger partial charge in [0.25, 0.3) is 0 Å². The van der Waals surface area contributed by atoms with Crippen molar-refractivity contribution in [3.63, 3.8) is 0 Å². The van der Waals surface area contributed by atoms with Gasteiger partial charge >= 0.3 is 0 Å². The van der Waals surface area contributed by atoms with Gasteiger partial charge in [0.15, 0.2) is 0 Å². The molecule has 0 saturated heterocycles. The van der Waals surface area contributed by atoms with E-state index in [4.69, 9.17) is 11.6 Å². The average molecular weight is 323 g/mol. The van der Waals surface area contributed by atoms with Gasteiger partial charge in [0, 0.05) is 33.1 Å². The predicted molar refractivity (Wildman–Crippen MR) is 75.4 cm³/mol. The van der Waals surface area contributed by atoms with Crippen LogP contribution in [0.2, 0.25) is 5.02 Å². The van der Waals surface area contributed by atoms with E-state index in [1.807, 2.05) is 18.2 Å². The molecule has 0 fully saturated rings. The highest BCUT2D eigenvalue weighted by atomic mass is 79.9. The van der Waals surface area contributed by atoms with Gasteiger partial charge in [-0.1, -0.05) is 17.7 Å². The topological polar surface area (TPSA) is 48.7 Å². The number of hydrogen-bond donors (Lipinski definition) is 1. The predicted octanol–water partition coefficient (Wildman–Crippen LogP) is 4.17. The Morgan fingerprint density at radius 2 is 2.17 bits per heavy atom. The molecule has 0 radical (unpaired) electrons. The highest BCUT2D eigenvalue weighted by Gasteiger charge is 2.11. The number of rotatable bonds is 3. The second-order valence-electron chi connectivity index (χ2n) is 3.65. The Labute approximate surface area is 119 Å². The quantitative estimate of drug-likeness (QED) is 0.922. The molecule has 0 amide bonds. The Balaban J connectivity index is 2.23. The largest absolute Gasteiger partial charge is 0.366 e. The van der Waals surface area contributed by atoms with E-state index >= 15 is 0 Å². The van der Waals surface area contributed by atoms with Crippen LogP contribution in [0.3, 0.4) is 0 Å². The van der Waals surface area contributed by atoms with Crippen molar-refractivity contribution in [3.05, 3.63) is 57.8 Å². The van der Waals surface area contributed by atoms with Crippen molar-refractivity contribution in [1.82, 2.24) is 4.98 Å². The maximum atomic E-state index is 9.21. The molecule has 1 aromatic heterocycles. The molecule has 0 saturated carbocycles. The van der Waals surface area contributed by atoms with Gasteiger partial charge in [-0.3, -0.25) is 4.98 Å². The molecule has 0 aliphatic rings. The van der Waals surface area contributed by atoms with E-state index in [1.165, 1.54) is 0 Å². The third kappa shape index (κ3) is 3.22. The molecule has 0 aliphatic carbocycles. The van der Waals surface area contributed by atoms with Crippen LogP contribution in [-0.2, 0) is 0 Å². The zero-order chi connectivity index (χ0) is 13.0. The Morgan fingerprint density at radius 3 is 2.83 bits per heavy atom. The first kappa shape index (κ1) is 12.9. The first-order chi connectivity index (χ1) is 8.69. The molecule has 1 atom stereocenters. The van der Waals surface area contributed by atoms with E-state index in [0.717, 1.165) is 15.7 Å². The van der Waals surface area contributed by atoms with E-state index in [1.54, 1.807) is 24.5 Å². The summed E-state index contributed by atoms with van der Waals surface area (Å²) in [5.74, 6) is 0. The lowest BCUT2D eigenvalue weighted by Crippen LogP contribution is -2.08. The average Bonchev–Trinajstić information content (AvgIpc) is 2.36. The van der Waals surface area contributed by atoms with Crippen LogP contribution >= 0.6 is 27.5 Å². The minimum Gasteiger partial charge on any atom is -0.366 e. The fourth-order valence-electron chi connectivity index (χ4n) is 1.52. The van der Waals surface area contributed by atoms with Crippen LogP contribution in [0.1, 0.15) is 11.6 Å². The number of benzene rings is 1. The van der Waals surface area contributed by atoms with Gasteiger partial charge in [-0.05, 0) is 40.2 Å². The molecule has 0 aliphatic heterocycles. The fourth-order valence-corrected chi connectivity index (χ4v) is 2.09. The van der Waals surface area contributed by atoms with Crippen LogP contribution in [0.4, 0.5) is 5.69 Å². The fraction of sp³-hybridized carbons (Fsp3) is 0.0769. The molecule has 1 unspecified atom stereocenters. The first-order valence-corrected chi connectivity index (χ1v) is 6.38. The molecule has 1 N–H and O–H groups in total. The molecule has 5 heteroatoms. The molecule has 90 valence electrons. The highest BCUT2D eigenvalue weighted by Crippen LogP contribution is 2.22. The van der Waals surface area contributed by atoms with E-state index in [9.17, 15) is 5.26 Å². The van der Waals surface area contributed by atoms with Gasteiger partial charge in [-0.15, -0.1) is 0 Å². The summed E-state index contributed by atoms with van der Waals surface area (Å²) in [7, 11) is 0. The minimum absolute atomic E-state index is 0.464. The monoisotopic (exact) mass is 321 g/mol. The molecular formula is C13H9BrClN3. The van der Waals surface area contributed by atoms with Gasteiger partial charge in [-0.2, -0.15) is 5.26 Å². The van der Waals surface area contributed by atoms with Crippen molar-refractivity contribution >= 4 is 33.2 Å². The second-order valence-corrected chi connectivity index (χ2v) is 5.01. The maximum Gasteiger partial charge on any atom is 0.141 e. The van der Waals surface area contributed by atoms with Crippen molar-refractivity contribution in [2.45, 2.75) is 6.04 Å². The molecule has 18 heavy (non-hydrogen) atoms. The van der Waals surface area contributed by atoms with Crippen molar-refractivity contribution in [2.24, 2.45) is 0 Å². The number of halogens is 2. The zero-order valence-electron chi connectivity index (χ0n) is 9.27. The Kier molecular flexibility index (Phi) is 4.19. The zero-order valence-corrected chi connectivity index (χ0v) is 11.6. The molecule has 2 aromatic rings. The highest BCUT2D eigenvalue weighted by molar-refractivity contribution is 9.10. The molecule has 3 nitrogen and oxygen atoms in total. The van der Waals surface area contributed by atoms with Crippen molar-refractivity contribution in [1.29, 1.82) is 5.26 Å². The van der Waals surface area contributed by atoms with Crippen molar-refractivity contribution in [3.8, 4) is 6.07 Å². The molecule has 0 spiro atoms. The summed E-state index contributed by atoms with van der Waals surface area (Å²) in [4.78, 5) is 4.05. The summed E-state index contributed by atoms with van der Waals surface area (Å²) in [5, 5.41) is 12.9. The Hall–Kier alpha value is -1.57.